The Morgan fingerprint density at radius 2 is 2.38 bits per heavy atom. The fourth-order valence-corrected chi connectivity index (χ4v) is 3.74. The van der Waals surface area contributed by atoms with E-state index in [1.165, 1.54) is 22.6 Å². The molecule has 3 heterocycles. The van der Waals surface area contributed by atoms with E-state index in [0.717, 1.165) is 22.4 Å². The molecule has 0 atom stereocenters. The van der Waals surface area contributed by atoms with Crippen LogP contribution in [0.1, 0.15) is 17.8 Å². The number of thiophene rings is 1. The van der Waals surface area contributed by atoms with E-state index in [1.807, 2.05) is 0 Å². The van der Waals surface area contributed by atoms with Crippen LogP contribution in [0.4, 0.5) is 0 Å². The van der Waals surface area contributed by atoms with Gasteiger partial charge in [-0.2, -0.15) is 5.10 Å². The molecule has 0 aromatic carbocycles. The van der Waals surface area contributed by atoms with Gasteiger partial charge in [-0.3, -0.25) is 4.68 Å². The summed E-state index contributed by atoms with van der Waals surface area (Å²) in [6.07, 6.45) is 2.32. The number of hydrogen-bond acceptors (Lipinski definition) is 3. The number of halogens is 1. The predicted octanol–water partition coefficient (Wildman–Crippen LogP) is 2.78. The first-order chi connectivity index (χ1) is 7.79. The zero-order valence-corrected chi connectivity index (χ0v) is 11.1. The molecule has 2 aromatic heterocycles. The van der Waals surface area contributed by atoms with Gasteiger partial charge in [0.1, 0.15) is 0 Å². The Bertz CT molecular complexity index is 529. The van der Waals surface area contributed by atoms with Gasteiger partial charge in [-0.25, -0.2) is 0 Å². The normalized spacial score (nSPS) is 14.4. The Morgan fingerprint density at radius 3 is 3.06 bits per heavy atom. The van der Waals surface area contributed by atoms with Crippen molar-refractivity contribution < 1.29 is 0 Å². The van der Waals surface area contributed by atoms with E-state index in [4.69, 9.17) is 5.73 Å². The van der Waals surface area contributed by atoms with Crippen LogP contribution in [0.15, 0.2) is 15.9 Å². The summed E-state index contributed by atoms with van der Waals surface area (Å²) in [5.41, 5.74) is 9.43. The first-order valence-corrected chi connectivity index (χ1v) is 6.95. The third-order valence-electron chi connectivity index (χ3n) is 2.93. The predicted molar refractivity (Wildman–Crippen MR) is 69.5 cm³/mol. The monoisotopic (exact) mass is 297 g/mol. The molecule has 1 aliphatic rings. The van der Waals surface area contributed by atoms with E-state index >= 15 is 0 Å². The van der Waals surface area contributed by atoms with Gasteiger partial charge < -0.3 is 5.73 Å². The number of fused-ring (bicyclic) bond motifs is 1. The minimum absolute atomic E-state index is 0.519. The lowest BCUT2D eigenvalue weighted by molar-refractivity contribution is 0.644. The molecule has 0 spiro atoms. The molecule has 5 heteroatoms. The molecule has 16 heavy (non-hydrogen) atoms. The molecule has 0 amide bonds. The fraction of sp³-hybridized carbons (Fsp3) is 0.364. The van der Waals surface area contributed by atoms with Crippen LogP contribution in [-0.2, 0) is 19.5 Å². The highest BCUT2D eigenvalue weighted by molar-refractivity contribution is 9.11. The molecule has 2 aromatic rings. The molecule has 3 rings (SSSR count). The molecule has 84 valence electrons. The molecule has 0 fully saturated rings. The molecule has 0 bridgehead atoms. The number of nitrogens with two attached hydrogens (primary N) is 1. The summed E-state index contributed by atoms with van der Waals surface area (Å²) in [6.45, 7) is 1.56. The summed E-state index contributed by atoms with van der Waals surface area (Å²) in [7, 11) is 0. The summed E-state index contributed by atoms with van der Waals surface area (Å²) in [5.74, 6) is 0. The molecular weight excluding hydrogens is 286 g/mol. The van der Waals surface area contributed by atoms with Crippen molar-refractivity contribution in [3.8, 4) is 10.4 Å². The van der Waals surface area contributed by atoms with Crippen molar-refractivity contribution in [2.45, 2.75) is 25.9 Å². The van der Waals surface area contributed by atoms with Gasteiger partial charge in [-0.1, -0.05) is 0 Å². The second-order valence-electron chi connectivity index (χ2n) is 3.90. The molecule has 3 nitrogen and oxygen atoms in total. The maximum Gasteiger partial charge on any atom is 0.0849 e. The molecule has 1 aliphatic heterocycles. The summed E-state index contributed by atoms with van der Waals surface area (Å²) < 4.78 is 3.27. The zero-order valence-electron chi connectivity index (χ0n) is 8.74. The lowest BCUT2D eigenvalue weighted by atomic mass is 10.1. The molecule has 0 unspecified atom stereocenters. The quantitative estimate of drug-likeness (QED) is 0.926. The SMILES string of the molecule is NCc1nn2c(c1-c1ccc(Br)s1)CCC2. The molecule has 0 saturated heterocycles. The van der Waals surface area contributed by atoms with Gasteiger partial charge in [0.05, 0.1) is 9.48 Å². The van der Waals surface area contributed by atoms with E-state index in [2.05, 4.69) is 37.8 Å². The Morgan fingerprint density at radius 1 is 1.50 bits per heavy atom. The van der Waals surface area contributed by atoms with Crippen molar-refractivity contribution >= 4 is 27.3 Å². The van der Waals surface area contributed by atoms with Gasteiger partial charge in [-0.15, -0.1) is 11.3 Å². The average molecular weight is 298 g/mol. The highest BCUT2D eigenvalue weighted by Gasteiger charge is 2.22. The first kappa shape index (κ1) is 10.5. The summed E-state index contributed by atoms with van der Waals surface area (Å²) >= 11 is 5.25. The summed E-state index contributed by atoms with van der Waals surface area (Å²) in [5, 5.41) is 4.58. The standard InChI is InChI=1S/C11H12BrN3S/c12-10-4-3-9(16-10)11-7(6-13)14-15-5-1-2-8(11)15/h3-4H,1-2,5-6,13H2. The maximum atomic E-state index is 5.77. The van der Waals surface area contributed by atoms with Crippen molar-refractivity contribution in [1.29, 1.82) is 0 Å². The largest absolute Gasteiger partial charge is 0.325 e. The van der Waals surface area contributed by atoms with Gasteiger partial charge in [0.15, 0.2) is 0 Å². The minimum Gasteiger partial charge on any atom is -0.325 e. The van der Waals surface area contributed by atoms with Gasteiger partial charge in [0.2, 0.25) is 0 Å². The number of aromatic nitrogens is 2. The van der Waals surface area contributed by atoms with Gasteiger partial charge in [0, 0.05) is 29.2 Å². The van der Waals surface area contributed by atoms with E-state index < -0.39 is 0 Å². The lowest BCUT2D eigenvalue weighted by Gasteiger charge is -1.99. The van der Waals surface area contributed by atoms with E-state index in [0.29, 0.717) is 6.54 Å². The topological polar surface area (TPSA) is 43.8 Å². The van der Waals surface area contributed by atoms with Crippen molar-refractivity contribution in [1.82, 2.24) is 9.78 Å². The van der Waals surface area contributed by atoms with Gasteiger partial charge in [-0.05, 0) is 40.9 Å². The Hall–Kier alpha value is -0.650. The van der Waals surface area contributed by atoms with Crippen molar-refractivity contribution in [3.05, 3.63) is 27.3 Å². The van der Waals surface area contributed by atoms with Crippen molar-refractivity contribution in [3.63, 3.8) is 0 Å². The third-order valence-corrected chi connectivity index (χ3v) is 4.57. The van der Waals surface area contributed by atoms with E-state index in [1.54, 1.807) is 11.3 Å². The molecule has 0 saturated carbocycles. The number of rotatable bonds is 2. The third kappa shape index (κ3) is 1.54. The smallest absolute Gasteiger partial charge is 0.0849 e. The molecule has 0 aliphatic carbocycles. The average Bonchev–Trinajstić information content (AvgIpc) is 2.91. The Balaban J connectivity index is 2.18. The van der Waals surface area contributed by atoms with Gasteiger partial charge >= 0.3 is 0 Å². The lowest BCUT2D eigenvalue weighted by Crippen LogP contribution is -2.01. The van der Waals surface area contributed by atoms with Crippen LogP contribution < -0.4 is 5.73 Å². The summed E-state index contributed by atoms with van der Waals surface area (Å²) in [4.78, 5) is 1.27. The first-order valence-electron chi connectivity index (χ1n) is 5.34. The van der Waals surface area contributed by atoms with Crippen LogP contribution >= 0.6 is 27.3 Å². The highest BCUT2D eigenvalue weighted by atomic mass is 79.9. The van der Waals surface area contributed by atoms with Crippen molar-refractivity contribution in [2.75, 3.05) is 0 Å². The fourth-order valence-electron chi connectivity index (χ4n) is 2.26. The van der Waals surface area contributed by atoms with Gasteiger partial charge in [0.25, 0.3) is 0 Å². The van der Waals surface area contributed by atoms with Crippen LogP contribution in [0.5, 0.6) is 0 Å². The Labute approximate surface area is 106 Å². The molecular formula is C11H12BrN3S. The maximum absolute atomic E-state index is 5.77. The Kier molecular flexibility index (Phi) is 2.61. The van der Waals surface area contributed by atoms with Crippen LogP contribution in [0.3, 0.4) is 0 Å². The summed E-state index contributed by atoms with van der Waals surface area (Å²) in [6, 6.07) is 4.23. The van der Waals surface area contributed by atoms with E-state index in [-0.39, 0.29) is 0 Å². The number of hydrogen-bond donors (Lipinski definition) is 1. The van der Waals surface area contributed by atoms with Crippen LogP contribution in [-0.4, -0.2) is 9.78 Å². The van der Waals surface area contributed by atoms with Crippen LogP contribution in [0, 0.1) is 0 Å². The van der Waals surface area contributed by atoms with E-state index in [9.17, 15) is 0 Å². The van der Waals surface area contributed by atoms with Crippen LogP contribution in [0.25, 0.3) is 10.4 Å². The highest BCUT2D eigenvalue weighted by Crippen LogP contribution is 2.37. The second-order valence-corrected chi connectivity index (χ2v) is 6.37. The van der Waals surface area contributed by atoms with Crippen LogP contribution in [0.2, 0.25) is 0 Å². The van der Waals surface area contributed by atoms with Crippen molar-refractivity contribution in [2.24, 2.45) is 5.73 Å². The minimum atomic E-state index is 0.519. The zero-order chi connectivity index (χ0) is 11.1. The molecule has 0 radical (unpaired) electrons. The second kappa shape index (κ2) is 3.98. The number of aryl methyl sites for hydroxylation is 1. The number of nitrogens with zero attached hydrogens (tertiary/aromatic N) is 2. The molecule has 2 N–H and O–H groups in total.